The SMILES string of the molecule is CCN1CCCC1CNC(=O)[C@@H]1C[C@H](COc2cccnc2)CN(Cc2ccncc2)C1. The van der Waals surface area contributed by atoms with Gasteiger partial charge in [0.15, 0.2) is 0 Å². The summed E-state index contributed by atoms with van der Waals surface area (Å²) < 4.78 is 6.00. The molecule has 0 spiro atoms. The van der Waals surface area contributed by atoms with E-state index in [1.165, 1.54) is 18.4 Å². The van der Waals surface area contributed by atoms with Crippen LogP contribution in [-0.4, -0.2) is 71.0 Å². The van der Waals surface area contributed by atoms with Crippen molar-refractivity contribution in [2.24, 2.45) is 11.8 Å². The van der Waals surface area contributed by atoms with Crippen LogP contribution in [0.4, 0.5) is 0 Å². The molecule has 0 radical (unpaired) electrons. The highest BCUT2D eigenvalue weighted by atomic mass is 16.5. The number of ether oxygens (including phenoxy) is 1. The molecule has 0 saturated carbocycles. The van der Waals surface area contributed by atoms with Crippen LogP contribution < -0.4 is 10.1 Å². The van der Waals surface area contributed by atoms with Gasteiger partial charge in [0.1, 0.15) is 5.75 Å². The molecule has 2 aromatic rings. The zero-order chi connectivity index (χ0) is 22.2. The van der Waals surface area contributed by atoms with E-state index in [-0.39, 0.29) is 11.8 Å². The van der Waals surface area contributed by atoms with Gasteiger partial charge in [-0.3, -0.25) is 24.6 Å². The highest BCUT2D eigenvalue weighted by Gasteiger charge is 2.33. The molecule has 0 aliphatic carbocycles. The molecule has 0 bridgehead atoms. The average Bonchev–Trinajstić information content (AvgIpc) is 3.30. The van der Waals surface area contributed by atoms with E-state index in [1.807, 2.05) is 36.7 Å². The number of nitrogens with one attached hydrogen (secondary N) is 1. The van der Waals surface area contributed by atoms with Crippen molar-refractivity contribution in [2.75, 3.05) is 39.3 Å². The second-order valence-electron chi connectivity index (χ2n) is 9.02. The Morgan fingerprint density at radius 1 is 1.19 bits per heavy atom. The molecule has 0 aromatic carbocycles. The number of piperidine rings is 1. The molecule has 1 unspecified atom stereocenters. The smallest absolute Gasteiger partial charge is 0.224 e. The van der Waals surface area contributed by atoms with Crippen LogP contribution >= 0.6 is 0 Å². The minimum atomic E-state index is -0.0236. The second-order valence-corrected chi connectivity index (χ2v) is 9.02. The molecular formula is C25H35N5O2. The lowest BCUT2D eigenvalue weighted by Gasteiger charge is -2.37. The molecule has 2 fully saturated rings. The van der Waals surface area contributed by atoms with Gasteiger partial charge in [0.2, 0.25) is 5.91 Å². The van der Waals surface area contributed by atoms with E-state index in [2.05, 4.69) is 32.0 Å². The molecular weight excluding hydrogens is 402 g/mol. The van der Waals surface area contributed by atoms with Gasteiger partial charge in [0.25, 0.3) is 0 Å². The Labute approximate surface area is 191 Å². The van der Waals surface area contributed by atoms with E-state index < -0.39 is 0 Å². The Morgan fingerprint density at radius 3 is 2.84 bits per heavy atom. The number of carbonyl (C=O) groups excluding carboxylic acids is 1. The Balaban J connectivity index is 1.37. The van der Waals surface area contributed by atoms with Crippen LogP contribution in [0.15, 0.2) is 49.1 Å². The second kappa shape index (κ2) is 11.4. The number of hydrogen-bond acceptors (Lipinski definition) is 6. The molecule has 2 aliphatic rings. The molecule has 7 heteroatoms. The topological polar surface area (TPSA) is 70.6 Å². The molecule has 3 atom stereocenters. The van der Waals surface area contributed by atoms with E-state index in [1.54, 1.807) is 12.4 Å². The first-order valence-electron chi connectivity index (χ1n) is 11.9. The van der Waals surface area contributed by atoms with Gasteiger partial charge in [-0.1, -0.05) is 6.92 Å². The minimum Gasteiger partial charge on any atom is -0.492 e. The van der Waals surface area contributed by atoms with Crippen LogP contribution in [-0.2, 0) is 11.3 Å². The van der Waals surface area contributed by atoms with Crippen LogP contribution in [0.3, 0.4) is 0 Å². The third-order valence-electron chi connectivity index (χ3n) is 6.68. The van der Waals surface area contributed by atoms with Crippen LogP contribution in [0, 0.1) is 11.8 Å². The summed E-state index contributed by atoms with van der Waals surface area (Å²) in [5.41, 5.74) is 1.22. The summed E-state index contributed by atoms with van der Waals surface area (Å²) in [7, 11) is 0. The Hall–Kier alpha value is -2.51. The number of rotatable bonds is 9. The lowest BCUT2D eigenvalue weighted by molar-refractivity contribution is -0.128. The number of amides is 1. The first-order chi connectivity index (χ1) is 15.7. The standard InChI is InChI=1S/C25H35N5O2/c1-2-30-12-4-5-23(30)14-28-25(31)22-13-21(19-32-24-6-3-9-27-15-24)17-29(18-22)16-20-7-10-26-11-8-20/h3,6-11,15,21-23H,2,4-5,12-14,16-19H2,1H3,(H,28,31)/t21-,22+,23?/m0/s1. The van der Waals surface area contributed by atoms with Crippen molar-refractivity contribution >= 4 is 5.91 Å². The largest absolute Gasteiger partial charge is 0.492 e. The highest BCUT2D eigenvalue weighted by Crippen LogP contribution is 2.25. The van der Waals surface area contributed by atoms with Crippen molar-refractivity contribution in [3.05, 3.63) is 54.6 Å². The Bertz CT molecular complexity index is 835. The van der Waals surface area contributed by atoms with Crippen LogP contribution in [0.25, 0.3) is 0 Å². The normalized spacial score (nSPS) is 24.3. The van der Waals surface area contributed by atoms with Crippen molar-refractivity contribution in [2.45, 2.75) is 38.8 Å². The van der Waals surface area contributed by atoms with Gasteiger partial charge in [0.05, 0.1) is 18.7 Å². The van der Waals surface area contributed by atoms with E-state index in [9.17, 15) is 4.79 Å². The fourth-order valence-electron chi connectivity index (χ4n) is 5.04. The Morgan fingerprint density at radius 2 is 2.06 bits per heavy atom. The summed E-state index contributed by atoms with van der Waals surface area (Å²) in [6.07, 6.45) is 10.4. The summed E-state index contributed by atoms with van der Waals surface area (Å²) in [5, 5.41) is 3.27. The molecule has 172 valence electrons. The number of likely N-dealkylation sites (N-methyl/N-ethyl adjacent to an activating group) is 1. The lowest BCUT2D eigenvalue weighted by atomic mass is 9.88. The Kier molecular flexibility index (Phi) is 8.07. The van der Waals surface area contributed by atoms with Crippen molar-refractivity contribution in [3.8, 4) is 5.75 Å². The van der Waals surface area contributed by atoms with Crippen molar-refractivity contribution in [1.82, 2.24) is 25.1 Å². The third-order valence-corrected chi connectivity index (χ3v) is 6.68. The zero-order valence-corrected chi connectivity index (χ0v) is 19.0. The molecule has 32 heavy (non-hydrogen) atoms. The van der Waals surface area contributed by atoms with Gasteiger partial charge in [-0.25, -0.2) is 0 Å². The fraction of sp³-hybridized carbons (Fsp3) is 0.560. The highest BCUT2D eigenvalue weighted by molar-refractivity contribution is 5.79. The molecule has 2 aromatic heterocycles. The minimum absolute atomic E-state index is 0.0236. The first kappa shape index (κ1) is 22.7. The number of carbonyl (C=O) groups is 1. The zero-order valence-electron chi connectivity index (χ0n) is 19.0. The van der Waals surface area contributed by atoms with Gasteiger partial charge in [-0.05, 0) is 62.2 Å². The average molecular weight is 438 g/mol. The lowest BCUT2D eigenvalue weighted by Crippen LogP contribution is -2.49. The first-order valence-corrected chi connectivity index (χ1v) is 11.9. The van der Waals surface area contributed by atoms with Crippen LogP contribution in [0.1, 0.15) is 31.7 Å². The molecule has 1 amide bonds. The summed E-state index contributed by atoms with van der Waals surface area (Å²) in [6, 6.07) is 8.37. The van der Waals surface area contributed by atoms with E-state index in [4.69, 9.17) is 4.74 Å². The van der Waals surface area contributed by atoms with Gasteiger partial charge in [-0.2, -0.15) is 0 Å². The molecule has 7 nitrogen and oxygen atoms in total. The summed E-state index contributed by atoms with van der Waals surface area (Å²) in [6.45, 7) is 8.26. The fourth-order valence-corrected chi connectivity index (χ4v) is 5.04. The molecule has 1 N–H and O–H groups in total. The van der Waals surface area contributed by atoms with E-state index >= 15 is 0 Å². The number of hydrogen-bond donors (Lipinski definition) is 1. The number of likely N-dealkylation sites (tertiary alicyclic amines) is 2. The van der Waals surface area contributed by atoms with Crippen molar-refractivity contribution in [3.63, 3.8) is 0 Å². The monoisotopic (exact) mass is 437 g/mol. The maximum absolute atomic E-state index is 13.2. The maximum atomic E-state index is 13.2. The predicted octanol–water partition coefficient (Wildman–Crippen LogP) is 2.59. The number of aromatic nitrogens is 2. The summed E-state index contributed by atoms with van der Waals surface area (Å²) >= 11 is 0. The number of pyridine rings is 2. The van der Waals surface area contributed by atoms with Gasteiger partial charge >= 0.3 is 0 Å². The van der Waals surface area contributed by atoms with E-state index in [0.29, 0.717) is 18.6 Å². The van der Waals surface area contributed by atoms with Crippen molar-refractivity contribution in [1.29, 1.82) is 0 Å². The maximum Gasteiger partial charge on any atom is 0.224 e. The molecule has 2 saturated heterocycles. The van der Waals surface area contributed by atoms with Gasteiger partial charge in [-0.15, -0.1) is 0 Å². The number of nitrogens with zero attached hydrogens (tertiary/aromatic N) is 4. The molecule has 4 rings (SSSR count). The van der Waals surface area contributed by atoms with Gasteiger partial charge in [0, 0.05) is 56.7 Å². The summed E-state index contributed by atoms with van der Waals surface area (Å²) in [4.78, 5) is 26.3. The third kappa shape index (κ3) is 6.26. The predicted molar refractivity (Wildman–Crippen MR) is 124 cm³/mol. The van der Waals surface area contributed by atoms with Crippen LogP contribution in [0.2, 0.25) is 0 Å². The van der Waals surface area contributed by atoms with Crippen molar-refractivity contribution < 1.29 is 9.53 Å². The van der Waals surface area contributed by atoms with Gasteiger partial charge < -0.3 is 10.1 Å². The van der Waals surface area contributed by atoms with Crippen LogP contribution in [0.5, 0.6) is 5.75 Å². The molecule has 2 aliphatic heterocycles. The summed E-state index contributed by atoms with van der Waals surface area (Å²) in [5.74, 6) is 1.23. The molecule has 4 heterocycles. The quantitative estimate of drug-likeness (QED) is 0.650. The van der Waals surface area contributed by atoms with E-state index in [0.717, 1.165) is 51.4 Å².